The van der Waals surface area contributed by atoms with Gasteiger partial charge in [-0.25, -0.2) is 0 Å². The Morgan fingerprint density at radius 3 is 2.13 bits per heavy atom. The van der Waals surface area contributed by atoms with E-state index in [1.165, 1.54) is 51.0 Å². The second-order valence-corrected chi connectivity index (χ2v) is 8.21. The lowest BCUT2D eigenvalue weighted by atomic mass is 9.77. The number of likely N-dealkylation sites (tertiary alicyclic amines) is 2. The van der Waals surface area contributed by atoms with Crippen LogP contribution in [0.15, 0.2) is 30.3 Å². The van der Waals surface area contributed by atoms with Crippen molar-refractivity contribution >= 4 is 12.4 Å². The number of piperidine rings is 1. The molecule has 0 amide bonds. The first-order chi connectivity index (χ1) is 10.4. The molecule has 1 spiro atoms. The molecule has 0 saturated carbocycles. The molecule has 2 fully saturated rings. The number of hydrogen-bond donors (Lipinski definition) is 1. The molecular formula is C19H32ClN3. The minimum atomic E-state index is -0.0699. The molecule has 0 bridgehead atoms. The normalized spacial score (nSPS) is 22.2. The van der Waals surface area contributed by atoms with E-state index in [9.17, 15) is 0 Å². The van der Waals surface area contributed by atoms with E-state index in [0.717, 1.165) is 13.1 Å². The maximum atomic E-state index is 6.17. The van der Waals surface area contributed by atoms with Crippen molar-refractivity contribution < 1.29 is 0 Å². The number of halogens is 1. The third-order valence-electron chi connectivity index (χ3n) is 5.31. The third kappa shape index (κ3) is 5.18. The second kappa shape index (κ2) is 7.52. The Bertz CT molecular complexity index is 475. The number of hydrogen-bond acceptors (Lipinski definition) is 3. The number of nitrogens with two attached hydrogens (primary N) is 1. The Kier molecular flexibility index (Phi) is 6.12. The molecule has 1 aromatic rings. The van der Waals surface area contributed by atoms with Crippen LogP contribution >= 0.6 is 12.4 Å². The van der Waals surface area contributed by atoms with Crippen LogP contribution in [-0.4, -0.2) is 48.1 Å². The number of rotatable bonds is 4. The van der Waals surface area contributed by atoms with Gasteiger partial charge in [-0.2, -0.15) is 0 Å². The predicted octanol–water partition coefficient (Wildman–Crippen LogP) is 3.13. The molecule has 0 aliphatic carbocycles. The van der Waals surface area contributed by atoms with Crippen LogP contribution in [0.1, 0.15) is 38.7 Å². The molecule has 0 atom stereocenters. The molecule has 3 rings (SSSR count). The van der Waals surface area contributed by atoms with Crippen molar-refractivity contribution in [1.82, 2.24) is 9.80 Å². The van der Waals surface area contributed by atoms with Crippen LogP contribution in [0, 0.1) is 5.41 Å². The van der Waals surface area contributed by atoms with Crippen molar-refractivity contribution in [1.29, 1.82) is 0 Å². The van der Waals surface area contributed by atoms with Gasteiger partial charge in [-0.05, 0) is 63.7 Å². The summed E-state index contributed by atoms with van der Waals surface area (Å²) < 4.78 is 0. The van der Waals surface area contributed by atoms with Crippen LogP contribution in [0.3, 0.4) is 0 Å². The predicted molar refractivity (Wildman–Crippen MR) is 100.0 cm³/mol. The molecule has 0 unspecified atom stereocenters. The fraction of sp³-hybridized carbons (Fsp3) is 0.684. The average molecular weight is 338 g/mol. The molecule has 0 radical (unpaired) electrons. The maximum absolute atomic E-state index is 6.17. The van der Waals surface area contributed by atoms with Crippen molar-refractivity contribution in [3.8, 4) is 0 Å². The van der Waals surface area contributed by atoms with E-state index < -0.39 is 0 Å². The van der Waals surface area contributed by atoms with Gasteiger partial charge < -0.3 is 10.6 Å². The summed E-state index contributed by atoms with van der Waals surface area (Å²) in [5.41, 5.74) is 8.12. The largest absolute Gasteiger partial charge is 0.324 e. The lowest BCUT2D eigenvalue weighted by molar-refractivity contribution is 0.0937. The quantitative estimate of drug-likeness (QED) is 0.916. The van der Waals surface area contributed by atoms with Gasteiger partial charge in [0.1, 0.15) is 0 Å². The van der Waals surface area contributed by atoms with E-state index in [4.69, 9.17) is 5.73 Å². The van der Waals surface area contributed by atoms with Gasteiger partial charge in [-0.1, -0.05) is 30.3 Å². The van der Waals surface area contributed by atoms with Crippen LogP contribution in [0.4, 0.5) is 0 Å². The van der Waals surface area contributed by atoms with Crippen LogP contribution in [-0.2, 0) is 6.54 Å². The molecule has 130 valence electrons. The smallest absolute Gasteiger partial charge is 0.0233 e. The highest BCUT2D eigenvalue weighted by Crippen LogP contribution is 2.40. The Labute approximate surface area is 147 Å². The summed E-state index contributed by atoms with van der Waals surface area (Å²) in [4.78, 5) is 5.21. The fourth-order valence-electron chi connectivity index (χ4n) is 4.17. The van der Waals surface area contributed by atoms with E-state index in [1.807, 2.05) is 0 Å². The molecule has 2 saturated heterocycles. The van der Waals surface area contributed by atoms with E-state index in [1.54, 1.807) is 0 Å². The van der Waals surface area contributed by atoms with Gasteiger partial charge in [-0.15, -0.1) is 12.4 Å². The Morgan fingerprint density at radius 1 is 1.00 bits per heavy atom. The van der Waals surface area contributed by atoms with Gasteiger partial charge >= 0.3 is 0 Å². The fourth-order valence-corrected chi connectivity index (χ4v) is 4.17. The molecule has 23 heavy (non-hydrogen) atoms. The SMILES string of the molecule is CC(C)(N)CN1CCC2(CC1)CCN(Cc1ccccc1)C2.Cl. The molecule has 2 aliphatic heterocycles. The molecule has 2 aliphatic rings. The van der Waals surface area contributed by atoms with Crippen molar-refractivity contribution in [3.05, 3.63) is 35.9 Å². The Hall–Kier alpha value is -0.610. The van der Waals surface area contributed by atoms with Crippen LogP contribution in [0.2, 0.25) is 0 Å². The first kappa shape index (κ1) is 18.7. The highest BCUT2D eigenvalue weighted by Gasteiger charge is 2.40. The van der Waals surface area contributed by atoms with Gasteiger partial charge in [0.2, 0.25) is 0 Å². The summed E-state index contributed by atoms with van der Waals surface area (Å²) in [6.45, 7) is 11.4. The zero-order valence-corrected chi connectivity index (χ0v) is 15.4. The van der Waals surface area contributed by atoms with E-state index in [2.05, 4.69) is 54.0 Å². The van der Waals surface area contributed by atoms with Crippen molar-refractivity contribution in [2.75, 3.05) is 32.7 Å². The molecule has 2 heterocycles. The van der Waals surface area contributed by atoms with Crippen LogP contribution in [0.5, 0.6) is 0 Å². The van der Waals surface area contributed by atoms with Crippen molar-refractivity contribution in [2.45, 2.75) is 45.2 Å². The van der Waals surface area contributed by atoms with Gasteiger partial charge in [0.25, 0.3) is 0 Å². The first-order valence-electron chi connectivity index (χ1n) is 8.72. The Morgan fingerprint density at radius 2 is 1.57 bits per heavy atom. The van der Waals surface area contributed by atoms with E-state index in [0.29, 0.717) is 5.41 Å². The summed E-state index contributed by atoms with van der Waals surface area (Å²) in [5.74, 6) is 0. The highest BCUT2D eigenvalue weighted by molar-refractivity contribution is 5.85. The molecule has 2 N–H and O–H groups in total. The van der Waals surface area contributed by atoms with Crippen LogP contribution < -0.4 is 5.73 Å². The van der Waals surface area contributed by atoms with E-state index >= 15 is 0 Å². The monoisotopic (exact) mass is 337 g/mol. The second-order valence-electron chi connectivity index (χ2n) is 8.21. The van der Waals surface area contributed by atoms with Gasteiger partial charge in [0, 0.05) is 25.2 Å². The third-order valence-corrected chi connectivity index (χ3v) is 5.31. The zero-order chi connectivity index (χ0) is 15.6. The summed E-state index contributed by atoms with van der Waals surface area (Å²) >= 11 is 0. The molecule has 4 heteroatoms. The Balaban J connectivity index is 0.00000192. The summed E-state index contributed by atoms with van der Waals surface area (Å²) in [7, 11) is 0. The lowest BCUT2D eigenvalue weighted by Gasteiger charge is -2.41. The minimum Gasteiger partial charge on any atom is -0.324 e. The number of nitrogens with zero attached hydrogens (tertiary/aromatic N) is 2. The molecular weight excluding hydrogens is 306 g/mol. The number of benzene rings is 1. The van der Waals surface area contributed by atoms with Crippen molar-refractivity contribution in [3.63, 3.8) is 0 Å². The maximum Gasteiger partial charge on any atom is 0.0233 e. The van der Waals surface area contributed by atoms with Gasteiger partial charge in [-0.3, -0.25) is 4.90 Å². The highest BCUT2D eigenvalue weighted by atomic mass is 35.5. The average Bonchev–Trinajstić information content (AvgIpc) is 2.84. The minimum absolute atomic E-state index is 0. The zero-order valence-electron chi connectivity index (χ0n) is 14.6. The molecule has 3 nitrogen and oxygen atoms in total. The molecule has 0 aromatic heterocycles. The standard InChI is InChI=1S/C19H31N3.ClH/c1-18(2,20)15-21-11-8-19(9-12-21)10-13-22(16-19)14-17-6-4-3-5-7-17;/h3-7H,8-16,20H2,1-2H3;1H. The van der Waals surface area contributed by atoms with Gasteiger partial charge in [0.05, 0.1) is 0 Å². The topological polar surface area (TPSA) is 32.5 Å². The lowest BCUT2D eigenvalue weighted by Crippen LogP contribution is -2.50. The molecule has 1 aromatic carbocycles. The summed E-state index contributed by atoms with van der Waals surface area (Å²) in [6.07, 6.45) is 4.06. The van der Waals surface area contributed by atoms with Crippen LogP contribution in [0.25, 0.3) is 0 Å². The van der Waals surface area contributed by atoms with Gasteiger partial charge in [0.15, 0.2) is 0 Å². The van der Waals surface area contributed by atoms with Crippen molar-refractivity contribution in [2.24, 2.45) is 11.1 Å². The summed E-state index contributed by atoms with van der Waals surface area (Å²) in [6, 6.07) is 10.9. The first-order valence-corrected chi connectivity index (χ1v) is 8.72. The van der Waals surface area contributed by atoms with E-state index in [-0.39, 0.29) is 17.9 Å². The summed E-state index contributed by atoms with van der Waals surface area (Å²) in [5, 5.41) is 0.